The number of rotatable bonds is 6. The molecule has 1 aliphatic heterocycles. The van der Waals surface area contributed by atoms with Crippen LogP contribution in [0.4, 0.5) is 0 Å². The minimum Gasteiger partial charge on any atom is -0.292 e. The number of hydrazine groups is 1. The van der Waals surface area contributed by atoms with Crippen molar-refractivity contribution in [1.82, 2.24) is 10.0 Å². The zero-order chi connectivity index (χ0) is 23.7. The molecule has 0 spiro atoms. The molecule has 8 heteroatoms. The van der Waals surface area contributed by atoms with Gasteiger partial charge in [-0.15, -0.1) is 0 Å². The molecule has 0 saturated carbocycles. The van der Waals surface area contributed by atoms with Gasteiger partial charge in [0, 0.05) is 10.6 Å². The third kappa shape index (κ3) is 4.21. The molecular weight excluding hydrogens is 463 g/mol. The topological polar surface area (TPSA) is 74.8 Å². The number of imide groups is 1. The molecule has 170 valence electrons. The molecule has 3 amide bonds. The summed E-state index contributed by atoms with van der Waals surface area (Å²) < 4.78 is 0. The Hall–Kier alpha value is -2.96. The third-order valence-electron chi connectivity index (χ3n) is 6.11. The lowest BCUT2D eigenvalue weighted by molar-refractivity contribution is -0.156. The number of hydrogen-bond donors (Lipinski definition) is 0. The van der Waals surface area contributed by atoms with Crippen molar-refractivity contribution in [3.63, 3.8) is 0 Å². The van der Waals surface area contributed by atoms with Crippen LogP contribution in [-0.4, -0.2) is 39.6 Å². The highest BCUT2D eigenvalue weighted by Gasteiger charge is 2.53. The summed E-state index contributed by atoms with van der Waals surface area (Å²) in [4.78, 5) is 54.0. The van der Waals surface area contributed by atoms with Crippen LogP contribution in [0.25, 0.3) is 0 Å². The van der Waals surface area contributed by atoms with E-state index in [0.717, 1.165) is 10.0 Å². The molecule has 0 radical (unpaired) electrons. The summed E-state index contributed by atoms with van der Waals surface area (Å²) in [5.74, 6) is -3.14. The molecule has 2 aromatic carbocycles. The second-order valence-electron chi connectivity index (χ2n) is 8.07. The Labute approximate surface area is 201 Å². The summed E-state index contributed by atoms with van der Waals surface area (Å²) in [5.41, 5.74) is 0.427. The number of hydrogen-bond acceptors (Lipinski definition) is 4. The second kappa shape index (κ2) is 9.49. The molecule has 3 atom stereocenters. The van der Waals surface area contributed by atoms with Crippen LogP contribution in [0.2, 0.25) is 10.0 Å². The number of ketones is 1. The first-order chi connectivity index (χ1) is 15.8. The van der Waals surface area contributed by atoms with Crippen LogP contribution in [-0.2, 0) is 9.59 Å². The summed E-state index contributed by atoms with van der Waals surface area (Å²) in [7, 11) is 0. The molecule has 0 aromatic heterocycles. The fourth-order valence-corrected chi connectivity index (χ4v) is 4.91. The molecule has 1 fully saturated rings. The molecule has 0 N–H and O–H groups in total. The van der Waals surface area contributed by atoms with Gasteiger partial charge in [-0.1, -0.05) is 72.6 Å². The Kier molecular flexibility index (Phi) is 6.68. The molecule has 0 unspecified atom stereocenters. The van der Waals surface area contributed by atoms with Gasteiger partial charge in [-0.2, -0.15) is 5.01 Å². The van der Waals surface area contributed by atoms with Gasteiger partial charge in [0.1, 0.15) is 6.04 Å². The SMILES string of the molecule is CC[C@H](C(=O)c1ccccc1)N(C(=O)c1ccc(Cl)cc1Cl)N1C(=O)[C@@H]2CC=CC[C@H]2C1=O. The van der Waals surface area contributed by atoms with Crippen LogP contribution in [0, 0.1) is 11.8 Å². The lowest BCUT2D eigenvalue weighted by atomic mass is 9.85. The van der Waals surface area contributed by atoms with E-state index in [4.69, 9.17) is 23.2 Å². The first kappa shape index (κ1) is 23.2. The van der Waals surface area contributed by atoms with Gasteiger partial charge in [0.05, 0.1) is 22.4 Å². The average molecular weight is 485 g/mol. The van der Waals surface area contributed by atoms with Crippen molar-refractivity contribution in [2.75, 3.05) is 0 Å². The summed E-state index contributed by atoms with van der Waals surface area (Å²) in [5, 5.41) is 2.29. The second-order valence-corrected chi connectivity index (χ2v) is 8.92. The minimum atomic E-state index is -1.08. The van der Waals surface area contributed by atoms with E-state index in [1.807, 2.05) is 12.2 Å². The molecular formula is C25H22Cl2N2O4. The number of fused-ring (bicyclic) bond motifs is 1. The van der Waals surface area contributed by atoms with Gasteiger partial charge in [0.25, 0.3) is 17.7 Å². The van der Waals surface area contributed by atoms with Gasteiger partial charge < -0.3 is 0 Å². The van der Waals surface area contributed by atoms with Gasteiger partial charge in [-0.05, 0) is 37.5 Å². The Morgan fingerprint density at radius 3 is 2.15 bits per heavy atom. The van der Waals surface area contributed by atoms with E-state index in [2.05, 4.69) is 0 Å². The Morgan fingerprint density at radius 2 is 1.61 bits per heavy atom. The van der Waals surface area contributed by atoms with Gasteiger partial charge in [-0.3, -0.25) is 19.2 Å². The smallest absolute Gasteiger partial charge is 0.275 e. The fourth-order valence-electron chi connectivity index (χ4n) is 4.42. The van der Waals surface area contributed by atoms with Crippen molar-refractivity contribution in [1.29, 1.82) is 0 Å². The number of allylic oxidation sites excluding steroid dienone is 2. The van der Waals surface area contributed by atoms with Crippen molar-refractivity contribution >= 4 is 46.7 Å². The highest BCUT2D eigenvalue weighted by molar-refractivity contribution is 6.36. The highest BCUT2D eigenvalue weighted by atomic mass is 35.5. The van der Waals surface area contributed by atoms with E-state index in [1.54, 1.807) is 37.3 Å². The summed E-state index contributed by atoms with van der Waals surface area (Å²) in [6, 6.07) is 11.7. The van der Waals surface area contributed by atoms with E-state index in [9.17, 15) is 19.2 Å². The van der Waals surface area contributed by atoms with E-state index in [-0.39, 0.29) is 22.8 Å². The van der Waals surface area contributed by atoms with Crippen LogP contribution in [0.5, 0.6) is 0 Å². The van der Waals surface area contributed by atoms with Gasteiger partial charge in [0.2, 0.25) is 0 Å². The standard InChI is InChI=1S/C25H22Cl2N2O4/c1-2-21(22(30)15-8-4-3-5-9-15)28(25(33)19-13-12-16(26)14-20(19)27)29-23(31)17-10-6-7-11-18(17)24(29)32/h3-9,12-14,17-18,21H,2,10-11H2,1H3/t17-,18-,21-/m1/s1. The summed E-state index contributed by atoms with van der Waals surface area (Å²) >= 11 is 12.3. The zero-order valence-corrected chi connectivity index (χ0v) is 19.4. The number of benzene rings is 2. The molecule has 6 nitrogen and oxygen atoms in total. The molecule has 0 bridgehead atoms. The lowest BCUT2D eigenvalue weighted by Crippen LogP contribution is -2.57. The molecule has 4 rings (SSSR count). The molecule has 1 heterocycles. The van der Waals surface area contributed by atoms with E-state index >= 15 is 0 Å². The summed E-state index contributed by atoms with van der Waals surface area (Å²) in [6.45, 7) is 1.73. The highest BCUT2D eigenvalue weighted by Crippen LogP contribution is 2.38. The van der Waals surface area contributed by atoms with Gasteiger partial charge in [-0.25, -0.2) is 5.01 Å². The quantitative estimate of drug-likeness (QED) is 0.329. The van der Waals surface area contributed by atoms with E-state index in [1.165, 1.54) is 18.2 Å². The maximum absolute atomic E-state index is 13.8. The predicted octanol–water partition coefficient (Wildman–Crippen LogP) is 4.96. The Morgan fingerprint density at radius 1 is 1.00 bits per heavy atom. The number of nitrogens with zero attached hydrogens (tertiary/aromatic N) is 2. The van der Waals surface area contributed by atoms with Crippen molar-refractivity contribution in [3.05, 3.63) is 81.9 Å². The first-order valence-electron chi connectivity index (χ1n) is 10.8. The van der Waals surface area contributed by atoms with Crippen molar-refractivity contribution < 1.29 is 19.2 Å². The largest absolute Gasteiger partial charge is 0.292 e. The van der Waals surface area contributed by atoms with Gasteiger partial charge >= 0.3 is 0 Å². The molecule has 1 aliphatic carbocycles. The first-order valence-corrected chi connectivity index (χ1v) is 11.5. The fraction of sp³-hybridized carbons (Fsp3) is 0.280. The number of amides is 3. The predicted molar refractivity (Wildman–Crippen MR) is 125 cm³/mol. The van der Waals surface area contributed by atoms with Crippen molar-refractivity contribution in [2.24, 2.45) is 11.8 Å². The normalized spacial score (nSPS) is 20.5. The van der Waals surface area contributed by atoms with Crippen molar-refractivity contribution in [3.8, 4) is 0 Å². The van der Waals surface area contributed by atoms with E-state index in [0.29, 0.717) is 23.4 Å². The maximum Gasteiger partial charge on any atom is 0.275 e. The van der Waals surface area contributed by atoms with E-state index < -0.39 is 35.6 Å². The monoisotopic (exact) mass is 484 g/mol. The number of halogens is 2. The van der Waals surface area contributed by atoms with Crippen LogP contribution in [0.1, 0.15) is 46.9 Å². The Bertz CT molecular complexity index is 1120. The molecule has 2 aliphatic rings. The Balaban J connectivity index is 1.81. The van der Waals surface area contributed by atoms with Crippen LogP contribution in [0.3, 0.4) is 0 Å². The molecule has 1 saturated heterocycles. The number of Topliss-reactive ketones (excluding diaryl/α,β-unsaturated/α-hetero) is 1. The lowest BCUT2D eigenvalue weighted by Gasteiger charge is -2.36. The van der Waals surface area contributed by atoms with Gasteiger partial charge in [0.15, 0.2) is 5.78 Å². The average Bonchev–Trinajstić information content (AvgIpc) is 3.07. The number of carbonyl (C=O) groups is 4. The minimum absolute atomic E-state index is 0.0500. The van der Waals surface area contributed by atoms with Crippen molar-refractivity contribution in [2.45, 2.75) is 32.2 Å². The zero-order valence-electron chi connectivity index (χ0n) is 17.9. The maximum atomic E-state index is 13.8. The molecule has 2 aromatic rings. The van der Waals surface area contributed by atoms with Crippen LogP contribution in [0.15, 0.2) is 60.7 Å². The number of carbonyl (C=O) groups excluding carboxylic acids is 4. The van der Waals surface area contributed by atoms with Crippen LogP contribution >= 0.6 is 23.2 Å². The summed E-state index contributed by atoms with van der Waals surface area (Å²) in [6.07, 6.45) is 4.75. The van der Waals surface area contributed by atoms with Crippen LogP contribution < -0.4 is 0 Å². The third-order valence-corrected chi connectivity index (χ3v) is 6.66. The molecule has 33 heavy (non-hydrogen) atoms.